The molecule has 0 aliphatic heterocycles. The highest BCUT2D eigenvalue weighted by Crippen LogP contribution is 2.06. The molecule has 2 rings (SSSR count). The Labute approximate surface area is 168 Å². The van der Waals surface area contributed by atoms with Gasteiger partial charge in [0.05, 0.1) is 6.33 Å². The van der Waals surface area contributed by atoms with E-state index in [2.05, 4.69) is 20.6 Å². The molecule has 3 amide bonds. The summed E-state index contributed by atoms with van der Waals surface area (Å²) in [5.41, 5.74) is 3.50. The number of H-pyrrole nitrogens is 1. The Bertz CT molecular complexity index is 794. The van der Waals surface area contributed by atoms with Crippen LogP contribution in [0.5, 0.6) is 0 Å². The Morgan fingerprint density at radius 2 is 1.86 bits per heavy atom. The van der Waals surface area contributed by atoms with E-state index in [0.717, 1.165) is 5.56 Å². The van der Waals surface area contributed by atoms with Crippen LogP contribution in [0.15, 0.2) is 42.9 Å². The van der Waals surface area contributed by atoms with E-state index in [0.29, 0.717) is 5.69 Å². The molecule has 0 fully saturated rings. The van der Waals surface area contributed by atoms with Crippen molar-refractivity contribution in [2.45, 2.75) is 39.0 Å². The molecule has 2 atom stereocenters. The van der Waals surface area contributed by atoms with Crippen molar-refractivity contribution in [2.75, 3.05) is 0 Å². The first-order valence-corrected chi connectivity index (χ1v) is 9.16. The standard InChI is InChI=1S/C19H26N6O4/c1-12(2)16(24-19(28)29-10-13-6-4-3-5-7-13)18(27)23-15(17(26)25-20)8-14-9-21-11-22-14/h3-7,9,11-12,15-16H,8,10,20H2,1-2H3,(H,21,22)(H,23,27)(H,24,28)(H,25,26). The van der Waals surface area contributed by atoms with Gasteiger partial charge in [-0.25, -0.2) is 15.6 Å². The molecule has 10 heteroatoms. The van der Waals surface area contributed by atoms with Crippen molar-refractivity contribution < 1.29 is 19.1 Å². The molecule has 1 aromatic heterocycles. The molecular weight excluding hydrogens is 376 g/mol. The molecule has 0 aliphatic rings. The van der Waals surface area contributed by atoms with Crippen LogP contribution in [0.4, 0.5) is 4.79 Å². The summed E-state index contributed by atoms with van der Waals surface area (Å²) in [7, 11) is 0. The number of ether oxygens (including phenoxy) is 1. The van der Waals surface area contributed by atoms with Gasteiger partial charge in [-0.15, -0.1) is 0 Å². The van der Waals surface area contributed by atoms with Crippen LogP contribution in [0, 0.1) is 5.92 Å². The third kappa shape index (κ3) is 6.92. The van der Waals surface area contributed by atoms with Crippen molar-refractivity contribution in [3.05, 3.63) is 54.1 Å². The number of hydrazine groups is 1. The van der Waals surface area contributed by atoms with Gasteiger partial charge in [0.2, 0.25) is 5.91 Å². The van der Waals surface area contributed by atoms with Gasteiger partial charge >= 0.3 is 6.09 Å². The maximum atomic E-state index is 12.7. The summed E-state index contributed by atoms with van der Waals surface area (Å²) in [6.45, 7) is 3.63. The lowest BCUT2D eigenvalue weighted by Crippen LogP contribution is -2.56. The fourth-order valence-corrected chi connectivity index (χ4v) is 2.61. The fourth-order valence-electron chi connectivity index (χ4n) is 2.61. The van der Waals surface area contributed by atoms with Crippen LogP contribution in [-0.4, -0.2) is 40.0 Å². The third-order valence-corrected chi connectivity index (χ3v) is 4.19. The average Bonchev–Trinajstić information content (AvgIpc) is 3.23. The predicted octanol–water partition coefficient (Wildman–Crippen LogP) is 0.378. The van der Waals surface area contributed by atoms with Crippen molar-refractivity contribution in [3.63, 3.8) is 0 Å². The zero-order valence-electron chi connectivity index (χ0n) is 16.3. The Balaban J connectivity index is 1.97. The lowest BCUT2D eigenvalue weighted by molar-refractivity contribution is -0.130. The molecule has 1 heterocycles. The van der Waals surface area contributed by atoms with Gasteiger partial charge in [0.25, 0.3) is 5.91 Å². The summed E-state index contributed by atoms with van der Waals surface area (Å²) in [6, 6.07) is 7.35. The number of alkyl carbamates (subject to hydrolysis) is 1. The lowest BCUT2D eigenvalue weighted by Gasteiger charge is -2.24. The molecule has 156 valence electrons. The van der Waals surface area contributed by atoms with E-state index < -0.39 is 30.0 Å². The molecule has 10 nitrogen and oxygen atoms in total. The smallest absolute Gasteiger partial charge is 0.408 e. The number of nitrogens with zero attached hydrogens (tertiary/aromatic N) is 1. The average molecular weight is 402 g/mol. The number of carbonyl (C=O) groups is 3. The van der Waals surface area contributed by atoms with Gasteiger partial charge < -0.3 is 20.4 Å². The van der Waals surface area contributed by atoms with Gasteiger partial charge in [-0.05, 0) is 11.5 Å². The van der Waals surface area contributed by atoms with Crippen LogP contribution < -0.4 is 21.9 Å². The lowest BCUT2D eigenvalue weighted by atomic mass is 10.0. The topological polar surface area (TPSA) is 151 Å². The molecule has 0 aliphatic carbocycles. The van der Waals surface area contributed by atoms with Crippen LogP contribution in [0.3, 0.4) is 0 Å². The Morgan fingerprint density at radius 3 is 2.45 bits per heavy atom. The van der Waals surface area contributed by atoms with E-state index >= 15 is 0 Å². The number of imidazole rings is 1. The number of hydrogen-bond acceptors (Lipinski definition) is 6. The van der Waals surface area contributed by atoms with Crippen LogP contribution in [0.25, 0.3) is 0 Å². The molecule has 6 N–H and O–H groups in total. The first-order chi connectivity index (χ1) is 13.9. The second-order valence-corrected chi connectivity index (χ2v) is 6.78. The monoisotopic (exact) mass is 402 g/mol. The van der Waals surface area contributed by atoms with Gasteiger partial charge in [-0.1, -0.05) is 44.2 Å². The number of benzene rings is 1. The van der Waals surface area contributed by atoms with Crippen LogP contribution in [0.2, 0.25) is 0 Å². The minimum absolute atomic E-state index is 0.0805. The van der Waals surface area contributed by atoms with Crippen LogP contribution in [0.1, 0.15) is 25.1 Å². The number of hydrogen-bond donors (Lipinski definition) is 5. The van der Waals surface area contributed by atoms with Crippen molar-refractivity contribution in [1.82, 2.24) is 26.0 Å². The summed E-state index contributed by atoms with van der Waals surface area (Å²) < 4.78 is 5.18. The van der Waals surface area contributed by atoms with Gasteiger partial charge in [0.1, 0.15) is 18.7 Å². The molecular formula is C19H26N6O4. The van der Waals surface area contributed by atoms with Crippen LogP contribution >= 0.6 is 0 Å². The number of carbonyl (C=O) groups excluding carboxylic acids is 3. The molecule has 0 spiro atoms. The summed E-state index contributed by atoms with van der Waals surface area (Å²) in [5.74, 6) is 3.89. The molecule has 0 saturated carbocycles. The second-order valence-electron chi connectivity index (χ2n) is 6.78. The third-order valence-electron chi connectivity index (χ3n) is 4.19. The fraction of sp³-hybridized carbons (Fsp3) is 0.368. The highest BCUT2D eigenvalue weighted by molar-refractivity contribution is 5.91. The molecule has 29 heavy (non-hydrogen) atoms. The summed E-state index contributed by atoms with van der Waals surface area (Å²) in [5, 5.41) is 5.17. The molecule has 1 aromatic carbocycles. The first kappa shape index (κ1) is 21.9. The maximum Gasteiger partial charge on any atom is 0.408 e. The summed E-state index contributed by atoms with van der Waals surface area (Å²) in [4.78, 5) is 43.7. The van der Waals surface area contributed by atoms with Gasteiger partial charge in [0.15, 0.2) is 0 Å². The molecule has 2 unspecified atom stereocenters. The minimum Gasteiger partial charge on any atom is -0.445 e. The van der Waals surface area contributed by atoms with Crippen molar-refractivity contribution in [2.24, 2.45) is 11.8 Å². The zero-order chi connectivity index (χ0) is 21.2. The molecule has 2 aromatic rings. The van der Waals surface area contributed by atoms with E-state index in [9.17, 15) is 14.4 Å². The van der Waals surface area contributed by atoms with E-state index in [1.54, 1.807) is 20.0 Å². The highest BCUT2D eigenvalue weighted by atomic mass is 16.5. The number of amides is 3. The second kappa shape index (κ2) is 10.8. The molecule has 0 radical (unpaired) electrons. The zero-order valence-corrected chi connectivity index (χ0v) is 16.3. The van der Waals surface area contributed by atoms with Crippen molar-refractivity contribution >= 4 is 17.9 Å². The van der Waals surface area contributed by atoms with Crippen molar-refractivity contribution in [3.8, 4) is 0 Å². The number of nitrogens with one attached hydrogen (secondary N) is 4. The Kier molecular flexibility index (Phi) is 8.16. The quantitative estimate of drug-likeness (QED) is 0.232. The highest BCUT2D eigenvalue weighted by Gasteiger charge is 2.29. The molecule has 0 bridgehead atoms. The predicted molar refractivity (Wildman–Crippen MR) is 105 cm³/mol. The first-order valence-electron chi connectivity index (χ1n) is 9.16. The summed E-state index contributed by atoms with van der Waals surface area (Å²) in [6.07, 6.45) is 2.45. The Morgan fingerprint density at radius 1 is 1.14 bits per heavy atom. The minimum atomic E-state index is -0.934. The number of rotatable bonds is 9. The van der Waals surface area contributed by atoms with Gasteiger partial charge in [-0.2, -0.15) is 0 Å². The van der Waals surface area contributed by atoms with E-state index in [1.165, 1.54) is 6.33 Å². The van der Waals surface area contributed by atoms with Crippen molar-refractivity contribution in [1.29, 1.82) is 0 Å². The van der Waals surface area contributed by atoms with Gasteiger partial charge in [-0.3, -0.25) is 15.0 Å². The number of aromatic nitrogens is 2. The largest absolute Gasteiger partial charge is 0.445 e. The van der Waals surface area contributed by atoms with Gasteiger partial charge in [0, 0.05) is 18.3 Å². The van der Waals surface area contributed by atoms with E-state index in [1.807, 2.05) is 35.8 Å². The number of nitrogens with two attached hydrogens (primary N) is 1. The Hall–Kier alpha value is -3.40. The molecule has 0 saturated heterocycles. The SMILES string of the molecule is CC(C)C(NC(=O)OCc1ccccc1)C(=O)NC(Cc1cnc[nH]1)C(=O)NN. The van der Waals surface area contributed by atoms with Crippen LogP contribution in [-0.2, 0) is 27.4 Å². The maximum absolute atomic E-state index is 12.7. The summed E-state index contributed by atoms with van der Waals surface area (Å²) >= 11 is 0. The number of aromatic amines is 1. The normalized spacial score (nSPS) is 12.7. The van der Waals surface area contributed by atoms with E-state index in [-0.39, 0.29) is 18.9 Å². The van der Waals surface area contributed by atoms with E-state index in [4.69, 9.17) is 10.6 Å².